The smallest absolute Gasteiger partial charge is 0.216 e. The van der Waals surface area contributed by atoms with Crippen LogP contribution in [0.4, 0.5) is 8.78 Å². The number of aliphatic imine (C=N–C) groups is 1. The summed E-state index contributed by atoms with van der Waals surface area (Å²) in [5.41, 5.74) is 0.691. The van der Waals surface area contributed by atoms with Crippen LogP contribution in [0.5, 0.6) is 0 Å². The zero-order valence-electron chi connectivity index (χ0n) is 18.1. The first-order chi connectivity index (χ1) is 14.1. The van der Waals surface area contributed by atoms with Crippen molar-refractivity contribution in [2.75, 3.05) is 52.1 Å². The molecule has 0 amide bonds. The summed E-state index contributed by atoms with van der Waals surface area (Å²) in [7, 11) is -1.69. The first kappa shape index (κ1) is 24.5. The first-order valence-corrected chi connectivity index (χ1v) is 11.7. The Balaban J connectivity index is 1.85. The number of benzene rings is 1. The number of guanidine groups is 1. The van der Waals surface area contributed by atoms with Gasteiger partial charge in [0.1, 0.15) is 0 Å². The number of nitrogens with one attached hydrogen (secondary N) is 1. The quantitative estimate of drug-likeness (QED) is 0.489. The number of nitrogens with zero attached hydrogens (tertiary/aromatic N) is 3. The van der Waals surface area contributed by atoms with E-state index in [0.717, 1.165) is 6.07 Å². The molecule has 1 fully saturated rings. The Morgan fingerprint density at radius 3 is 2.40 bits per heavy atom. The maximum Gasteiger partial charge on any atom is 0.216 e. The molecule has 0 aliphatic carbocycles. The van der Waals surface area contributed by atoms with Gasteiger partial charge in [0.15, 0.2) is 17.6 Å². The molecule has 1 heterocycles. The van der Waals surface area contributed by atoms with Gasteiger partial charge < -0.3 is 15.0 Å². The SMILES string of the molecule is CN=C(NCC(C)c1ccc(F)c(F)c1)N1CCN(S(=O)(=O)CCOC(C)C)CC1. The molecule has 1 atom stereocenters. The first-order valence-electron chi connectivity index (χ1n) is 10.1. The third-order valence-electron chi connectivity index (χ3n) is 5.01. The van der Waals surface area contributed by atoms with Crippen molar-refractivity contribution in [1.82, 2.24) is 14.5 Å². The van der Waals surface area contributed by atoms with Crippen molar-refractivity contribution in [2.24, 2.45) is 4.99 Å². The molecule has 0 spiro atoms. The number of hydrogen-bond acceptors (Lipinski definition) is 4. The van der Waals surface area contributed by atoms with E-state index in [9.17, 15) is 17.2 Å². The van der Waals surface area contributed by atoms with Crippen molar-refractivity contribution >= 4 is 16.0 Å². The van der Waals surface area contributed by atoms with Crippen LogP contribution in [0, 0.1) is 11.6 Å². The summed E-state index contributed by atoms with van der Waals surface area (Å²) in [5.74, 6) is -1.15. The molecule has 1 N–H and O–H groups in total. The molecule has 1 aliphatic heterocycles. The molecule has 1 unspecified atom stereocenters. The molecule has 1 aromatic carbocycles. The molecule has 7 nitrogen and oxygen atoms in total. The van der Waals surface area contributed by atoms with E-state index in [4.69, 9.17) is 4.74 Å². The van der Waals surface area contributed by atoms with E-state index >= 15 is 0 Å². The van der Waals surface area contributed by atoms with Crippen molar-refractivity contribution in [3.05, 3.63) is 35.4 Å². The Bertz CT molecular complexity index is 825. The van der Waals surface area contributed by atoms with Crippen LogP contribution in [0.1, 0.15) is 32.3 Å². The third kappa shape index (κ3) is 6.88. The maximum atomic E-state index is 13.5. The second-order valence-electron chi connectivity index (χ2n) is 7.62. The molecular formula is C20H32F2N4O3S. The Hall–Kier alpha value is -1.78. The van der Waals surface area contributed by atoms with Crippen molar-refractivity contribution in [1.29, 1.82) is 0 Å². The molecule has 2 rings (SSSR count). The largest absolute Gasteiger partial charge is 0.378 e. The molecule has 10 heteroatoms. The Kier molecular flexibility index (Phi) is 8.99. The van der Waals surface area contributed by atoms with Gasteiger partial charge in [0.2, 0.25) is 10.0 Å². The van der Waals surface area contributed by atoms with Crippen molar-refractivity contribution in [2.45, 2.75) is 32.8 Å². The maximum absolute atomic E-state index is 13.5. The lowest BCUT2D eigenvalue weighted by Gasteiger charge is -2.36. The highest BCUT2D eigenvalue weighted by Gasteiger charge is 2.28. The summed E-state index contributed by atoms with van der Waals surface area (Å²) in [6, 6.07) is 3.90. The summed E-state index contributed by atoms with van der Waals surface area (Å²) < 4.78 is 58.4. The fourth-order valence-corrected chi connectivity index (χ4v) is 4.49. The lowest BCUT2D eigenvalue weighted by atomic mass is 10.0. The van der Waals surface area contributed by atoms with Crippen molar-refractivity contribution < 1.29 is 21.9 Å². The van der Waals surface area contributed by atoms with Gasteiger partial charge in [-0.3, -0.25) is 4.99 Å². The van der Waals surface area contributed by atoms with Crippen LogP contribution in [-0.2, 0) is 14.8 Å². The van der Waals surface area contributed by atoms with Gasteiger partial charge in [0, 0.05) is 39.8 Å². The standard InChI is InChI=1S/C20H32F2N4O3S/c1-15(2)29-11-12-30(27,28)26-9-7-25(8-10-26)20(23-4)24-14-16(3)17-5-6-18(21)19(22)13-17/h5-6,13,15-16H,7-12,14H2,1-4H3,(H,23,24). The molecular weight excluding hydrogens is 414 g/mol. The Labute approximate surface area is 178 Å². The van der Waals surface area contributed by atoms with Gasteiger partial charge in [0.25, 0.3) is 0 Å². The zero-order valence-corrected chi connectivity index (χ0v) is 18.9. The van der Waals surface area contributed by atoms with Gasteiger partial charge >= 0.3 is 0 Å². The van der Waals surface area contributed by atoms with E-state index in [1.54, 1.807) is 13.1 Å². The van der Waals surface area contributed by atoms with Gasteiger partial charge in [-0.2, -0.15) is 4.31 Å². The normalized spacial score (nSPS) is 17.4. The number of rotatable bonds is 8. The fraction of sp³-hybridized carbons (Fsp3) is 0.650. The van der Waals surface area contributed by atoms with Crippen LogP contribution in [0.25, 0.3) is 0 Å². The summed E-state index contributed by atoms with van der Waals surface area (Å²) >= 11 is 0. The van der Waals surface area contributed by atoms with Gasteiger partial charge in [-0.15, -0.1) is 0 Å². The monoisotopic (exact) mass is 446 g/mol. The predicted octanol–water partition coefficient (Wildman–Crippen LogP) is 2.02. The minimum atomic E-state index is -3.35. The molecule has 1 aliphatic rings. The molecule has 1 aromatic rings. The molecule has 30 heavy (non-hydrogen) atoms. The van der Waals surface area contributed by atoms with Gasteiger partial charge in [-0.05, 0) is 37.5 Å². The van der Waals surface area contributed by atoms with Crippen LogP contribution in [0.3, 0.4) is 0 Å². The fourth-order valence-electron chi connectivity index (χ4n) is 3.21. The van der Waals surface area contributed by atoms with E-state index in [1.807, 2.05) is 25.7 Å². The average molecular weight is 447 g/mol. The number of ether oxygens (including phenoxy) is 1. The van der Waals surface area contributed by atoms with Crippen LogP contribution < -0.4 is 5.32 Å². The highest BCUT2D eigenvalue weighted by molar-refractivity contribution is 7.89. The van der Waals surface area contributed by atoms with Crippen LogP contribution >= 0.6 is 0 Å². The second kappa shape index (κ2) is 11.0. The molecule has 1 saturated heterocycles. The van der Waals surface area contributed by atoms with Crippen LogP contribution in [0.15, 0.2) is 23.2 Å². The van der Waals surface area contributed by atoms with Gasteiger partial charge in [-0.1, -0.05) is 13.0 Å². The van der Waals surface area contributed by atoms with E-state index in [2.05, 4.69) is 10.3 Å². The molecule has 170 valence electrons. The third-order valence-corrected chi connectivity index (χ3v) is 6.85. The van der Waals surface area contributed by atoms with E-state index in [1.165, 1.54) is 10.4 Å². The molecule has 0 saturated carbocycles. The molecule has 0 bridgehead atoms. The zero-order chi connectivity index (χ0) is 22.3. The minimum Gasteiger partial charge on any atom is -0.378 e. The second-order valence-corrected chi connectivity index (χ2v) is 9.71. The molecule has 0 radical (unpaired) electrons. The summed E-state index contributed by atoms with van der Waals surface area (Å²) in [6.07, 6.45) is 0.000222. The predicted molar refractivity (Wildman–Crippen MR) is 114 cm³/mol. The Morgan fingerprint density at radius 1 is 1.17 bits per heavy atom. The van der Waals surface area contributed by atoms with Crippen molar-refractivity contribution in [3.63, 3.8) is 0 Å². The summed E-state index contributed by atoms with van der Waals surface area (Å²) in [5, 5.41) is 3.24. The van der Waals surface area contributed by atoms with E-state index in [-0.39, 0.29) is 24.4 Å². The Morgan fingerprint density at radius 2 is 1.83 bits per heavy atom. The lowest BCUT2D eigenvalue weighted by molar-refractivity contribution is 0.0904. The summed E-state index contributed by atoms with van der Waals surface area (Å²) in [6.45, 7) is 8.12. The summed E-state index contributed by atoms with van der Waals surface area (Å²) in [4.78, 5) is 6.27. The number of piperazine rings is 1. The minimum absolute atomic E-state index is 0.000222. The van der Waals surface area contributed by atoms with Gasteiger partial charge in [-0.25, -0.2) is 17.2 Å². The number of hydrogen-bond donors (Lipinski definition) is 1. The van der Waals surface area contributed by atoms with Gasteiger partial charge in [0.05, 0.1) is 18.5 Å². The topological polar surface area (TPSA) is 74.2 Å². The average Bonchev–Trinajstić information content (AvgIpc) is 2.70. The van der Waals surface area contributed by atoms with E-state index in [0.29, 0.717) is 44.2 Å². The lowest BCUT2D eigenvalue weighted by Crippen LogP contribution is -2.54. The number of sulfonamides is 1. The van der Waals surface area contributed by atoms with E-state index < -0.39 is 21.7 Å². The highest BCUT2D eigenvalue weighted by atomic mass is 32.2. The highest BCUT2D eigenvalue weighted by Crippen LogP contribution is 2.17. The van der Waals surface area contributed by atoms with Crippen LogP contribution in [0.2, 0.25) is 0 Å². The number of halogens is 2. The molecule has 0 aromatic heterocycles. The van der Waals surface area contributed by atoms with Crippen LogP contribution in [-0.4, -0.2) is 81.8 Å². The van der Waals surface area contributed by atoms with Crippen molar-refractivity contribution in [3.8, 4) is 0 Å².